The lowest BCUT2D eigenvalue weighted by atomic mass is 9.94. The minimum atomic E-state index is -0.406. The van der Waals surface area contributed by atoms with Crippen molar-refractivity contribution in [2.75, 3.05) is 0 Å². The molecular weight excluding hydrogens is 250 g/mol. The predicted octanol–water partition coefficient (Wildman–Crippen LogP) is 3.68. The van der Waals surface area contributed by atoms with Gasteiger partial charge in [-0.05, 0) is 24.1 Å². The summed E-state index contributed by atoms with van der Waals surface area (Å²) in [6.45, 7) is 0. The highest BCUT2D eigenvalue weighted by molar-refractivity contribution is 5.80. The molecule has 0 aliphatic carbocycles. The number of esters is 1. The molecule has 2 aromatic carbocycles. The summed E-state index contributed by atoms with van der Waals surface area (Å²) in [5, 5.41) is 8.73. The van der Waals surface area contributed by atoms with Gasteiger partial charge in [-0.25, -0.2) is 0 Å². The Labute approximate surface area is 118 Å². The van der Waals surface area contributed by atoms with Crippen LogP contribution in [0, 0.1) is 11.3 Å². The van der Waals surface area contributed by atoms with Crippen LogP contribution in [0.5, 0.6) is 5.75 Å². The Balaban J connectivity index is 2.14. The third-order valence-corrected chi connectivity index (χ3v) is 2.99. The highest BCUT2D eigenvalue weighted by Crippen LogP contribution is 2.24. The van der Waals surface area contributed by atoms with Crippen LogP contribution in [-0.2, 0) is 4.79 Å². The summed E-state index contributed by atoms with van der Waals surface area (Å²) in [6.07, 6.45) is 0.787. The largest absolute Gasteiger partial charge is 0.426 e. The maximum absolute atomic E-state index is 12.3. The Morgan fingerprint density at radius 2 is 1.65 bits per heavy atom. The standard InChI is InChI=1S/C17H15NO2/c18-13-7-12-16(14-8-3-1-4-9-14)17(19)20-15-10-5-2-6-11-15/h1-6,8-11,16H,7,12H2. The van der Waals surface area contributed by atoms with E-state index in [0.29, 0.717) is 18.6 Å². The van der Waals surface area contributed by atoms with Crippen molar-refractivity contribution in [2.24, 2.45) is 0 Å². The minimum Gasteiger partial charge on any atom is -0.426 e. The number of ether oxygens (including phenoxy) is 1. The van der Waals surface area contributed by atoms with Crippen LogP contribution in [0.25, 0.3) is 0 Å². The van der Waals surface area contributed by atoms with Gasteiger partial charge < -0.3 is 4.74 Å². The molecule has 0 bridgehead atoms. The number of hydrogen-bond donors (Lipinski definition) is 0. The summed E-state index contributed by atoms with van der Waals surface area (Å²) in [7, 11) is 0. The summed E-state index contributed by atoms with van der Waals surface area (Å²) < 4.78 is 5.38. The SMILES string of the molecule is N#CCCC(C(=O)Oc1ccccc1)c1ccccc1. The lowest BCUT2D eigenvalue weighted by Gasteiger charge is -2.15. The van der Waals surface area contributed by atoms with Crippen LogP contribution in [0.3, 0.4) is 0 Å². The summed E-state index contributed by atoms with van der Waals surface area (Å²) >= 11 is 0. The molecule has 0 aliphatic heterocycles. The van der Waals surface area contributed by atoms with Gasteiger partial charge in [0.1, 0.15) is 5.75 Å². The number of para-hydroxylation sites is 1. The van der Waals surface area contributed by atoms with Crippen LogP contribution in [0.1, 0.15) is 24.3 Å². The van der Waals surface area contributed by atoms with Crippen molar-refractivity contribution in [2.45, 2.75) is 18.8 Å². The monoisotopic (exact) mass is 265 g/mol. The average Bonchev–Trinajstić information content (AvgIpc) is 2.50. The second-order valence-corrected chi connectivity index (χ2v) is 4.39. The molecule has 3 nitrogen and oxygen atoms in total. The second kappa shape index (κ2) is 7.10. The molecule has 0 heterocycles. The van der Waals surface area contributed by atoms with Crippen molar-refractivity contribution in [3.63, 3.8) is 0 Å². The Bertz CT molecular complexity index is 587. The Hall–Kier alpha value is -2.60. The smallest absolute Gasteiger partial charge is 0.318 e. The Morgan fingerprint density at radius 3 is 2.25 bits per heavy atom. The Morgan fingerprint density at radius 1 is 1.05 bits per heavy atom. The van der Waals surface area contributed by atoms with Crippen LogP contribution in [-0.4, -0.2) is 5.97 Å². The van der Waals surface area contributed by atoms with Gasteiger partial charge in [-0.3, -0.25) is 4.79 Å². The van der Waals surface area contributed by atoms with Gasteiger partial charge in [-0.2, -0.15) is 5.26 Å². The number of nitriles is 1. The number of benzene rings is 2. The maximum Gasteiger partial charge on any atom is 0.318 e. The van der Waals surface area contributed by atoms with E-state index in [4.69, 9.17) is 10.00 Å². The van der Waals surface area contributed by atoms with E-state index in [1.165, 1.54) is 0 Å². The zero-order valence-electron chi connectivity index (χ0n) is 11.0. The van der Waals surface area contributed by atoms with Gasteiger partial charge in [0, 0.05) is 6.42 Å². The molecule has 1 unspecified atom stereocenters. The lowest BCUT2D eigenvalue weighted by molar-refractivity contribution is -0.136. The molecule has 2 aromatic rings. The van der Waals surface area contributed by atoms with E-state index < -0.39 is 5.92 Å². The van der Waals surface area contributed by atoms with Gasteiger partial charge >= 0.3 is 5.97 Å². The number of carbonyl (C=O) groups is 1. The first kappa shape index (κ1) is 13.8. The minimum absolute atomic E-state index is 0.322. The van der Waals surface area contributed by atoms with Crippen molar-refractivity contribution in [1.29, 1.82) is 5.26 Å². The average molecular weight is 265 g/mol. The van der Waals surface area contributed by atoms with Crippen LogP contribution in [0.15, 0.2) is 60.7 Å². The molecule has 0 radical (unpaired) electrons. The molecule has 0 aliphatic rings. The lowest BCUT2D eigenvalue weighted by Crippen LogP contribution is -2.18. The molecule has 100 valence electrons. The summed E-state index contributed by atoms with van der Waals surface area (Å²) in [5.74, 6) is -0.205. The van der Waals surface area contributed by atoms with E-state index in [2.05, 4.69) is 6.07 Å². The summed E-state index contributed by atoms with van der Waals surface area (Å²) in [4.78, 5) is 12.3. The molecule has 0 aromatic heterocycles. The molecule has 3 heteroatoms. The first-order valence-electron chi connectivity index (χ1n) is 6.50. The van der Waals surface area contributed by atoms with Crippen LogP contribution in [0.2, 0.25) is 0 Å². The van der Waals surface area contributed by atoms with E-state index >= 15 is 0 Å². The van der Waals surface area contributed by atoms with E-state index in [1.807, 2.05) is 48.5 Å². The fourth-order valence-corrected chi connectivity index (χ4v) is 1.99. The second-order valence-electron chi connectivity index (χ2n) is 4.39. The van der Waals surface area contributed by atoms with Gasteiger partial charge in [0.2, 0.25) is 0 Å². The maximum atomic E-state index is 12.3. The zero-order valence-corrected chi connectivity index (χ0v) is 11.0. The van der Waals surface area contributed by atoms with E-state index in [1.54, 1.807) is 12.1 Å². The fraction of sp³-hybridized carbons (Fsp3) is 0.176. The van der Waals surface area contributed by atoms with Crippen molar-refractivity contribution in [1.82, 2.24) is 0 Å². The van der Waals surface area contributed by atoms with Gasteiger partial charge in [-0.1, -0.05) is 48.5 Å². The van der Waals surface area contributed by atoms with Crippen LogP contribution >= 0.6 is 0 Å². The molecule has 0 N–H and O–H groups in total. The third kappa shape index (κ3) is 3.69. The molecule has 0 amide bonds. The van der Waals surface area contributed by atoms with Gasteiger partial charge in [0.25, 0.3) is 0 Å². The molecule has 0 saturated carbocycles. The molecule has 0 saturated heterocycles. The van der Waals surface area contributed by atoms with Crippen LogP contribution < -0.4 is 4.74 Å². The highest BCUT2D eigenvalue weighted by Gasteiger charge is 2.22. The van der Waals surface area contributed by atoms with E-state index in [0.717, 1.165) is 5.56 Å². The highest BCUT2D eigenvalue weighted by atomic mass is 16.5. The van der Waals surface area contributed by atoms with Gasteiger partial charge in [0.05, 0.1) is 12.0 Å². The van der Waals surface area contributed by atoms with Gasteiger partial charge in [0.15, 0.2) is 0 Å². The summed E-state index contributed by atoms with van der Waals surface area (Å²) in [6, 6.07) is 20.5. The van der Waals surface area contributed by atoms with E-state index in [9.17, 15) is 4.79 Å². The van der Waals surface area contributed by atoms with Crippen LogP contribution in [0.4, 0.5) is 0 Å². The van der Waals surface area contributed by atoms with Crippen molar-refractivity contribution in [3.05, 3.63) is 66.2 Å². The molecule has 1 atom stereocenters. The topological polar surface area (TPSA) is 50.1 Å². The zero-order chi connectivity index (χ0) is 14.2. The van der Waals surface area contributed by atoms with E-state index in [-0.39, 0.29) is 5.97 Å². The quantitative estimate of drug-likeness (QED) is 0.612. The molecule has 20 heavy (non-hydrogen) atoms. The number of rotatable bonds is 5. The molecule has 2 rings (SSSR count). The van der Waals surface area contributed by atoms with Crippen molar-refractivity contribution in [3.8, 4) is 11.8 Å². The first-order chi connectivity index (χ1) is 9.81. The van der Waals surface area contributed by atoms with Gasteiger partial charge in [-0.15, -0.1) is 0 Å². The fourth-order valence-electron chi connectivity index (χ4n) is 1.99. The Kier molecular flexibility index (Phi) is 4.91. The third-order valence-electron chi connectivity index (χ3n) is 2.99. The normalized spacial score (nSPS) is 11.3. The number of carbonyl (C=O) groups excluding carboxylic acids is 1. The molecular formula is C17H15NO2. The number of hydrogen-bond acceptors (Lipinski definition) is 3. The predicted molar refractivity (Wildman–Crippen MR) is 76.1 cm³/mol. The first-order valence-corrected chi connectivity index (χ1v) is 6.50. The number of nitrogens with zero attached hydrogens (tertiary/aromatic N) is 1. The molecule has 0 fully saturated rings. The summed E-state index contributed by atoms with van der Waals surface area (Å²) in [5.41, 5.74) is 0.878. The van der Waals surface area contributed by atoms with Crippen molar-refractivity contribution >= 4 is 5.97 Å². The molecule has 0 spiro atoms. The van der Waals surface area contributed by atoms with Crippen molar-refractivity contribution < 1.29 is 9.53 Å².